The van der Waals surface area contributed by atoms with E-state index in [9.17, 15) is 14.7 Å². The third-order valence-corrected chi connectivity index (χ3v) is 5.17. The highest BCUT2D eigenvalue weighted by Gasteiger charge is 2.29. The summed E-state index contributed by atoms with van der Waals surface area (Å²) in [4.78, 5) is 26.1. The molecule has 1 aliphatic rings. The van der Waals surface area contributed by atoms with Crippen LogP contribution in [-0.2, 0) is 4.79 Å². The van der Waals surface area contributed by atoms with Crippen molar-refractivity contribution in [3.63, 3.8) is 0 Å². The van der Waals surface area contributed by atoms with Gasteiger partial charge in [-0.3, -0.25) is 9.69 Å². The van der Waals surface area contributed by atoms with Crippen molar-refractivity contribution in [3.05, 3.63) is 72.3 Å². The number of hydrogen-bond donors (Lipinski definition) is 4. The summed E-state index contributed by atoms with van der Waals surface area (Å²) in [6.07, 6.45) is 1.44. The Bertz CT molecular complexity index is 1300. The van der Waals surface area contributed by atoms with Crippen molar-refractivity contribution in [2.45, 2.75) is 0 Å². The number of ether oxygens (including phenoxy) is 2. The Morgan fingerprint density at radius 1 is 1.14 bits per heavy atom. The molecule has 1 aliphatic heterocycles. The lowest BCUT2D eigenvalue weighted by atomic mass is 10.2. The molecule has 1 heterocycles. The predicted octanol–water partition coefficient (Wildman–Crippen LogP) is 3.68. The Kier molecular flexibility index (Phi) is 7.07. The zero-order chi connectivity index (χ0) is 24.8. The van der Waals surface area contributed by atoms with Gasteiger partial charge < -0.3 is 25.2 Å². The van der Waals surface area contributed by atoms with Crippen LogP contribution in [0.3, 0.4) is 0 Å². The van der Waals surface area contributed by atoms with Crippen LogP contribution in [0, 0.1) is 0 Å². The molecule has 4 rings (SSSR count). The fourth-order valence-electron chi connectivity index (χ4n) is 3.26. The molecule has 0 bridgehead atoms. The van der Waals surface area contributed by atoms with Crippen LogP contribution in [0.5, 0.6) is 17.2 Å². The molecule has 0 aliphatic carbocycles. The van der Waals surface area contributed by atoms with Crippen LogP contribution in [-0.4, -0.2) is 42.1 Å². The van der Waals surface area contributed by atoms with E-state index >= 15 is 0 Å². The fourth-order valence-corrected chi connectivity index (χ4v) is 3.57. The molecule has 3 aromatic carbocycles. The monoisotopic (exact) mass is 491 g/mol. The zero-order valence-electron chi connectivity index (χ0n) is 18.5. The standard InChI is InChI=1S/C24H21N5O5S/c1-33-20-5-3-2-4-18(20)27-24(35)29-19-11-8-16(12-21(19)34-14-22(29)31)26-23(32)28-25-13-15-6-9-17(30)10-7-15/h2-13,30H,14H2,1H3,(H,27,35)(H2,26,28,32)/b25-13+. The summed E-state index contributed by atoms with van der Waals surface area (Å²) in [5.74, 6) is 0.750. The lowest BCUT2D eigenvalue weighted by Crippen LogP contribution is -2.45. The number of nitrogens with one attached hydrogen (secondary N) is 3. The maximum absolute atomic E-state index is 12.6. The zero-order valence-corrected chi connectivity index (χ0v) is 19.3. The number of thiocarbonyl (C=S) groups is 1. The number of carbonyl (C=O) groups excluding carboxylic acids is 2. The third-order valence-electron chi connectivity index (χ3n) is 4.88. The van der Waals surface area contributed by atoms with Crippen molar-refractivity contribution in [3.8, 4) is 17.2 Å². The SMILES string of the molecule is COc1ccccc1NC(=S)N1C(=O)COc2cc(NC(=O)N/N=C/c3ccc(O)cc3)ccc21. The smallest absolute Gasteiger partial charge is 0.339 e. The number of anilines is 3. The van der Waals surface area contributed by atoms with E-state index in [1.807, 2.05) is 12.1 Å². The van der Waals surface area contributed by atoms with Crippen molar-refractivity contribution in [1.29, 1.82) is 0 Å². The number of aromatic hydroxyl groups is 1. The molecule has 178 valence electrons. The normalized spacial score (nSPS) is 12.5. The lowest BCUT2D eigenvalue weighted by molar-refractivity contribution is -0.120. The first-order valence-electron chi connectivity index (χ1n) is 10.4. The molecule has 0 aromatic heterocycles. The number of rotatable bonds is 5. The quantitative estimate of drug-likeness (QED) is 0.244. The van der Waals surface area contributed by atoms with E-state index in [0.717, 1.165) is 0 Å². The van der Waals surface area contributed by atoms with E-state index < -0.39 is 6.03 Å². The van der Waals surface area contributed by atoms with Gasteiger partial charge in [0.05, 0.1) is 24.7 Å². The van der Waals surface area contributed by atoms with Gasteiger partial charge in [0.15, 0.2) is 11.7 Å². The summed E-state index contributed by atoms with van der Waals surface area (Å²) >= 11 is 5.49. The van der Waals surface area contributed by atoms with Gasteiger partial charge in [0.1, 0.15) is 17.2 Å². The maximum Gasteiger partial charge on any atom is 0.339 e. The van der Waals surface area contributed by atoms with Crippen LogP contribution in [0.15, 0.2) is 71.8 Å². The van der Waals surface area contributed by atoms with Crippen LogP contribution in [0.2, 0.25) is 0 Å². The molecular formula is C24H21N5O5S. The first kappa shape index (κ1) is 23.5. The molecule has 4 N–H and O–H groups in total. The summed E-state index contributed by atoms with van der Waals surface area (Å²) in [6, 6.07) is 17.8. The number of hydrogen-bond acceptors (Lipinski definition) is 7. The number of phenols is 1. The Balaban J connectivity index is 1.43. The molecular weight excluding hydrogens is 470 g/mol. The lowest BCUT2D eigenvalue weighted by Gasteiger charge is -2.30. The first-order valence-corrected chi connectivity index (χ1v) is 10.8. The average molecular weight is 492 g/mol. The Morgan fingerprint density at radius 3 is 2.69 bits per heavy atom. The van der Waals surface area contributed by atoms with E-state index in [4.69, 9.17) is 21.7 Å². The minimum absolute atomic E-state index is 0.138. The average Bonchev–Trinajstić information content (AvgIpc) is 2.85. The van der Waals surface area contributed by atoms with Gasteiger partial charge in [-0.05, 0) is 66.3 Å². The number of phenolic OH excluding ortho intramolecular Hbond substituents is 1. The van der Waals surface area contributed by atoms with E-state index in [1.165, 1.54) is 23.2 Å². The summed E-state index contributed by atoms with van der Waals surface area (Å²) in [5, 5.41) is 19.0. The number of carbonyl (C=O) groups is 2. The van der Waals surface area contributed by atoms with Crippen LogP contribution in [0.25, 0.3) is 0 Å². The largest absolute Gasteiger partial charge is 0.508 e. The van der Waals surface area contributed by atoms with Crippen LogP contribution in [0.4, 0.5) is 21.9 Å². The number of amides is 3. The van der Waals surface area contributed by atoms with Gasteiger partial charge in [-0.2, -0.15) is 5.10 Å². The molecule has 0 fully saturated rings. The molecule has 35 heavy (non-hydrogen) atoms. The van der Waals surface area contributed by atoms with Crippen LogP contribution >= 0.6 is 12.2 Å². The number of nitrogens with zero attached hydrogens (tertiary/aromatic N) is 2. The van der Waals surface area contributed by atoms with Gasteiger partial charge in [0, 0.05) is 11.8 Å². The van der Waals surface area contributed by atoms with Crippen molar-refractivity contribution >= 4 is 52.5 Å². The maximum atomic E-state index is 12.6. The van der Waals surface area contributed by atoms with Crippen molar-refractivity contribution in [1.82, 2.24) is 5.43 Å². The summed E-state index contributed by atoms with van der Waals surface area (Å²) in [6.45, 7) is -0.215. The Morgan fingerprint density at radius 2 is 1.91 bits per heavy atom. The molecule has 0 unspecified atom stereocenters. The second kappa shape index (κ2) is 10.5. The molecule has 3 amide bonds. The highest BCUT2D eigenvalue weighted by Crippen LogP contribution is 2.35. The number of para-hydroxylation sites is 2. The second-order valence-electron chi connectivity index (χ2n) is 7.25. The third kappa shape index (κ3) is 5.65. The van der Waals surface area contributed by atoms with Gasteiger partial charge in [-0.15, -0.1) is 0 Å². The topological polar surface area (TPSA) is 125 Å². The summed E-state index contributed by atoms with van der Waals surface area (Å²) in [7, 11) is 1.54. The Labute approximate surface area is 206 Å². The Hall–Kier alpha value is -4.64. The number of methoxy groups -OCH3 is 1. The van der Waals surface area contributed by atoms with Crippen molar-refractivity contribution < 1.29 is 24.2 Å². The minimum Gasteiger partial charge on any atom is -0.508 e. The van der Waals surface area contributed by atoms with Gasteiger partial charge in [0.25, 0.3) is 5.91 Å². The molecule has 0 spiro atoms. The number of fused-ring (bicyclic) bond motifs is 1. The number of benzene rings is 3. The highest BCUT2D eigenvalue weighted by molar-refractivity contribution is 7.80. The fraction of sp³-hybridized carbons (Fsp3) is 0.0833. The highest BCUT2D eigenvalue weighted by atomic mass is 32.1. The molecule has 0 saturated carbocycles. The van der Waals surface area contributed by atoms with E-state index in [2.05, 4.69) is 21.2 Å². The summed E-state index contributed by atoms with van der Waals surface area (Å²) in [5.41, 5.74) is 4.54. The second-order valence-corrected chi connectivity index (χ2v) is 7.63. The van der Waals surface area contributed by atoms with Crippen molar-refractivity contribution in [2.24, 2.45) is 5.10 Å². The van der Waals surface area contributed by atoms with E-state index in [1.54, 1.807) is 49.6 Å². The van der Waals surface area contributed by atoms with Crippen LogP contribution < -0.4 is 30.4 Å². The molecule has 3 aromatic rings. The summed E-state index contributed by atoms with van der Waals surface area (Å²) < 4.78 is 10.9. The van der Waals surface area contributed by atoms with Crippen LogP contribution in [0.1, 0.15) is 5.56 Å². The number of urea groups is 1. The molecule has 11 heteroatoms. The minimum atomic E-state index is -0.572. The van der Waals surface area contributed by atoms with Gasteiger partial charge >= 0.3 is 6.03 Å². The van der Waals surface area contributed by atoms with E-state index in [0.29, 0.717) is 34.1 Å². The molecule has 0 atom stereocenters. The van der Waals surface area contributed by atoms with Gasteiger partial charge in [-0.25, -0.2) is 10.2 Å². The molecule has 0 radical (unpaired) electrons. The number of hydrazone groups is 1. The van der Waals surface area contributed by atoms with Gasteiger partial charge in [0.2, 0.25) is 0 Å². The molecule has 0 saturated heterocycles. The molecule has 10 nitrogen and oxygen atoms in total. The van der Waals surface area contributed by atoms with Crippen molar-refractivity contribution in [2.75, 3.05) is 29.3 Å². The predicted molar refractivity (Wildman–Crippen MR) is 136 cm³/mol. The van der Waals surface area contributed by atoms with E-state index in [-0.39, 0.29) is 23.4 Å². The van der Waals surface area contributed by atoms with Gasteiger partial charge in [-0.1, -0.05) is 12.1 Å². The first-order chi connectivity index (χ1) is 16.9.